The fourth-order valence-corrected chi connectivity index (χ4v) is 3.97. The molecule has 1 amide bonds. The van der Waals surface area contributed by atoms with Gasteiger partial charge in [-0.05, 0) is 60.7 Å². The second-order valence-corrected chi connectivity index (χ2v) is 7.93. The quantitative estimate of drug-likeness (QED) is 0.508. The van der Waals surface area contributed by atoms with Crippen molar-refractivity contribution in [2.45, 2.75) is 40.2 Å². The number of aryl methyl sites for hydroxylation is 2. The molecule has 0 saturated heterocycles. The van der Waals surface area contributed by atoms with E-state index in [0.29, 0.717) is 11.5 Å². The fraction of sp³-hybridized carbons (Fsp3) is 0.240. The first-order valence-corrected chi connectivity index (χ1v) is 9.69. The maximum absolute atomic E-state index is 12.1. The zero-order chi connectivity index (χ0) is 20.0. The van der Waals surface area contributed by atoms with E-state index >= 15 is 0 Å². The summed E-state index contributed by atoms with van der Waals surface area (Å²) in [7, 11) is 0. The maximum Gasteiger partial charge on any atom is 0.249 e. The molecule has 0 saturated carbocycles. The lowest BCUT2D eigenvalue weighted by Crippen LogP contribution is -2.11. The van der Waals surface area contributed by atoms with Crippen molar-refractivity contribution in [1.29, 1.82) is 0 Å². The number of amides is 1. The largest absolute Gasteiger partial charge is 0.366 e. The highest BCUT2D eigenvalue weighted by Crippen LogP contribution is 2.34. The third kappa shape index (κ3) is 2.97. The summed E-state index contributed by atoms with van der Waals surface area (Å²) in [6, 6.07) is 20.0. The van der Waals surface area contributed by atoms with Crippen molar-refractivity contribution < 1.29 is 4.79 Å². The highest BCUT2D eigenvalue weighted by Gasteiger charge is 2.18. The van der Waals surface area contributed by atoms with Crippen LogP contribution in [0.1, 0.15) is 52.4 Å². The molecule has 3 aromatic carbocycles. The first kappa shape index (κ1) is 18.3. The number of benzene rings is 3. The van der Waals surface area contributed by atoms with Crippen LogP contribution in [0.4, 0.5) is 0 Å². The summed E-state index contributed by atoms with van der Waals surface area (Å²) in [4.78, 5) is 12.1. The van der Waals surface area contributed by atoms with Gasteiger partial charge in [-0.1, -0.05) is 49.7 Å². The Morgan fingerprint density at radius 3 is 2.57 bits per heavy atom. The Labute approximate surface area is 165 Å². The van der Waals surface area contributed by atoms with E-state index < -0.39 is 5.91 Å². The van der Waals surface area contributed by atoms with Crippen LogP contribution in [-0.2, 0) is 6.54 Å². The first-order chi connectivity index (χ1) is 13.4. The molecule has 0 aliphatic rings. The van der Waals surface area contributed by atoms with Gasteiger partial charge in [0.15, 0.2) is 0 Å². The Morgan fingerprint density at radius 1 is 1.11 bits per heavy atom. The molecule has 0 aliphatic carbocycles. The van der Waals surface area contributed by atoms with Gasteiger partial charge in [0.05, 0.1) is 11.0 Å². The van der Waals surface area contributed by atoms with Gasteiger partial charge in [0.25, 0.3) is 0 Å². The minimum absolute atomic E-state index is 0.405. The van der Waals surface area contributed by atoms with Gasteiger partial charge in [-0.25, -0.2) is 0 Å². The monoisotopic (exact) mass is 369 g/mol. The number of fused-ring (bicyclic) bond motifs is 3. The molecule has 0 aliphatic heterocycles. The van der Waals surface area contributed by atoms with E-state index in [0.717, 1.165) is 28.4 Å². The topological polar surface area (TPSA) is 48.0 Å². The molecule has 0 bridgehead atoms. The van der Waals surface area contributed by atoms with Gasteiger partial charge < -0.3 is 10.3 Å². The van der Waals surface area contributed by atoms with Crippen molar-refractivity contribution in [3.8, 4) is 0 Å². The van der Waals surface area contributed by atoms with Crippen molar-refractivity contribution >= 4 is 27.7 Å². The van der Waals surface area contributed by atoms with Crippen molar-refractivity contribution in [2.24, 2.45) is 5.73 Å². The Bertz CT molecular complexity index is 1210. The molecule has 4 rings (SSSR count). The van der Waals surface area contributed by atoms with Gasteiger partial charge >= 0.3 is 0 Å². The van der Waals surface area contributed by atoms with Crippen molar-refractivity contribution in [1.82, 2.24) is 4.57 Å². The average Bonchev–Trinajstić information content (AvgIpc) is 2.97. The standard InChI is InChI=1S/C25H25N2O/c1-15(2)18-10-11-20-23(13-18)27(14-19-9-8-16(3)12-17(19)4)22-7-5-6-21(24(20)22)25(26)28/h5-10,12-13,15H,14H2,1-4H3,(H2,26,28). The van der Waals surface area contributed by atoms with E-state index in [1.807, 2.05) is 12.1 Å². The lowest BCUT2D eigenvalue weighted by atomic mass is 10.00. The lowest BCUT2D eigenvalue weighted by molar-refractivity contribution is 0.100. The van der Waals surface area contributed by atoms with E-state index in [2.05, 4.69) is 68.7 Å². The highest BCUT2D eigenvalue weighted by atomic mass is 16.1. The van der Waals surface area contributed by atoms with E-state index in [9.17, 15) is 4.79 Å². The minimum atomic E-state index is -0.405. The van der Waals surface area contributed by atoms with Crippen LogP contribution in [0, 0.1) is 19.9 Å². The van der Waals surface area contributed by atoms with E-state index in [-0.39, 0.29) is 0 Å². The van der Waals surface area contributed by atoms with Gasteiger partial charge in [0.2, 0.25) is 5.91 Å². The molecule has 2 N–H and O–H groups in total. The molecule has 1 aromatic heterocycles. The number of carbonyl (C=O) groups is 1. The number of nitrogens with two attached hydrogens (primary N) is 1. The Balaban J connectivity index is 2.05. The number of nitrogens with zero attached hydrogens (tertiary/aromatic N) is 1. The lowest BCUT2D eigenvalue weighted by Gasteiger charge is -2.12. The third-order valence-corrected chi connectivity index (χ3v) is 5.58. The fourth-order valence-electron chi connectivity index (χ4n) is 3.97. The number of carbonyl (C=O) groups excluding carboxylic acids is 1. The Morgan fingerprint density at radius 2 is 1.89 bits per heavy atom. The number of primary amides is 1. The van der Waals surface area contributed by atoms with E-state index in [1.165, 1.54) is 22.3 Å². The molecule has 0 fully saturated rings. The minimum Gasteiger partial charge on any atom is -0.366 e. The molecule has 4 aromatic rings. The molecular formula is C25H25N2O. The molecule has 141 valence electrons. The van der Waals surface area contributed by atoms with Crippen molar-refractivity contribution in [3.05, 3.63) is 82.4 Å². The van der Waals surface area contributed by atoms with E-state index in [4.69, 9.17) is 5.73 Å². The molecule has 0 spiro atoms. The second kappa shape index (κ2) is 6.83. The summed E-state index contributed by atoms with van der Waals surface area (Å²) in [5.74, 6) is 0.00124. The van der Waals surface area contributed by atoms with Gasteiger partial charge in [0.1, 0.15) is 0 Å². The summed E-state index contributed by atoms with van der Waals surface area (Å²) in [6.45, 7) is 9.36. The highest BCUT2D eigenvalue weighted by molar-refractivity contribution is 6.17. The SMILES string of the molecule is Cc1ccc(Cn2c3cc(C(C)C)c[c]c3c3c(C(N)=O)cccc32)c(C)c1. The number of hydrogen-bond acceptors (Lipinski definition) is 1. The maximum atomic E-state index is 12.1. The average molecular weight is 369 g/mol. The van der Waals surface area contributed by atoms with Gasteiger partial charge in [-0.3, -0.25) is 4.79 Å². The molecule has 28 heavy (non-hydrogen) atoms. The van der Waals surface area contributed by atoms with Crippen LogP contribution >= 0.6 is 0 Å². The van der Waals surface area contributed by atoms with Gasteiger partial charge in [-0.2, -0.15) is 0 Å². The molecule has 1 heterocycles. The predicted molar refractivity (Wildman–Crippen MR) is 116 cm³/mol. The summed E-state index contributed by atoms with van der Waals surface area (Å²) in [5, 5.41) is 1.85. The molecule has 1 radical (unpaired) electrons. The molecule has 0 atom stereocenters. The summed E-state index contributed by atoms with van der Waals surface area (Å²) in [6.07, 6.45) is 0. The zero-order valence-corrected chi connectivity index (χ0v) is 16.8. The smallest absolute Gasteiger partial charge is 0.249 e. The van der Waals surface area contributed by atoms with Crippen LogP contribution in [0.5, 0.6) is 0 Å². The number of rotatable bonds is 4. The van der Waals surface area contributed by atoms with Crippen LogP contribution in [0.3, 0.4) is 0 Å². The summed E-state index contributed by atoms with van der Waals surface area (Å²) >= 11 is 0. The molecule has 0 unspecified atom stereocenters. The Kier molecular flexibility index (Phi) is 4.46. The first-order valence-electron chi connectivity index (χ1n) is 9.69. The Hall–Kier alpha value is -3.07. The second-order valence-electron chi connectivity index (χ2n) is 7.93. The van der Waals surface area contributed by atoms with Crippen LogP contribution in [-0.4, -0.2) is 10.5 Å². The normalized spacial score (nSPS) is 11.6. The van der Waals surface area contributed by atoms with Crippen LogP contribution in [0.25, 0.3) is 21.8 Å². The number of aromatic nitrogens is 1. The van der Waals surface area contributed by atoms with E-state index in [1.54, 1.807) is 6.07 Å². The predicted octanol–water partition coefficient (Wildman–Crippen LogP) is 5.48. The van der Waals surface area contributed by atoms with Crippen molar-refractivity contribution in [3.63, 3.8) is 0 Å². The van der Waals surface area contributed by atoms with Crippen LogP contribution in [0.15, 0.2) is 48.5 Å². The van der Waals surface area contributed by atoms with Crippen LogP contribution in [0.2, 0.25) is 0 Å². The van der Waals surface area contributed by atoms with Crippen LogP contribution < -0.4 is 5.73 Å². The molecular weight excluding hydrogens is 344 g/mol. The number of hydrogen-bond donors (Lipinski definition) is 1. The third-order valence-electron chi connectivity index (χ3n) is 5.58. The summed E-state index contributed by atoms with van der Waals surface area (Å²) in [5.41, 5.74) is 13.4. The molecule has 3 heteroatoms. The van der Waals surface area contributed by atoms with Gasteiger partial charge in [-0.15, -0.1) is 0 Å². The van der Waals surface area contributed by atoms with Crippen molar-refractivity contribution in [2.75, 3.05) is 0 Å². The van der Waals surface area contributed by atoms with Gasteiger partial charge in [0, 0.05) is 22.9 Å². The zero-order valence-electron chi connectivity index (χ0n) is 16.8. The summed E-state index contributed by atoms with van der Waals surface area (Å²) < 4.78 is 2.29. The molecule has 3 nitrogen and oxygen atoms in total.